The molecule has 2 aromatic carbocycles. The maximum Gasteiger partial charge on any atom is 0.255 e. The van der Waals surface area contributed by atoms with Crippen LogP contribution in [0.4, 0.5) is 0 Å². The Kier molecular flexibility index (Phi) is 5.90. The zero-order valence-electron chi connectivity index (χ0n) is 15.3. The van der Waals surface area contributed by atoms with Crippen molar-refractivity contribution >= 4 is 0 Å². The van der Waals surface area contributed by atoms with E-state index in [0.717, 1.165) is 22.6 Å². The molecule has 0 atom stereocenters. The predicted octanol–water partition coefficient (Wildman–Crippen LogP) is 4.65. The Labute approximate surface area is 158 Å². The van der Waals surface area contributed by atoms with Crippen molar-refractivity contribution < 1.29 is 9.47 Å². The standard InChI is InChI=1S/C23H21NO3/c1-26-21-9-6-10-23(25)24(20-12-15-22(27-2)16-13-20)17-19(11-14-21)18-7-4-3-5-8-18/h3-17H,1-2H3. The highest BCUT2D eigenvalue weighted by atomic mass is 16.5. The maximum atomic E-state index is 12.8. The van der Waals surface area contributed by atoms with E-state index < -0.39 is 0 Å². The lowest BCUT2D eigenvalue weighted by Gasteiger charge is -2.08. The first-order valence-corrected chi connectivity index (χ1v) is 8.56. The quantitative estimate of drug-likeness (QED) is 0.681. The van der Waals surface area contributed by atoms with E-state index in [9.17, 15) is 4.79 Å². The van der Waals surface area contributed by atoms with Gasteiger partial charge in [-0.2, -0.15) is 0 Å². The van der Waals surface area contributed by atoms with Gasteiger partial charge in [0.05, 0.1) is 14.2 Å². The monoisotopic (exact) mass is 359 g/mol. The number of hydrogen-bond donors (Lipinski definition) is 0. The molecule has 0 radical (unpaired) electrons. The topological polar surface area (TPSA) is 40.5 Å². The molecule has 3 rings (SSSR count). The molecule has 1 aromatic heterocycles. The first kappa shape index (κ1) is 18.3. The Morgan fingerprint density at radius 3 is 1.93 bits per heavy atom. The summed E-state index contributed by atoms with van der Waals surface area (Å²) in [4.78, 5) is 12.8. The second kappa shape index (κ2) is 8.72. The van der Waals surface area contributed by atoms with Gasteiger partial charge in [-0.05, 0) is 53.6 Å². The summed E-state index contributed by atoms with van der Waals surface area (Å²) in [5, 5.41) is 0. The zero-order chi connectivity index (χ0) is 19.1. The van der Waals surface area contributed by atoms with E-state index >= 15 is 0 Å². The Morgan fingerprint density at radius 1 is 0.630 bits per heavy atom. The average Bonchev–Trinajstić information content (AvgIpc) is 2.73. The van der Waals surface area contributed by atoms with Crippen LogP contribution in [0.25, 0.3) is 16.8 Å². The molecular weight excluding hydrogens is 338 g/mol. The van der Waals surface area contributed by atoms with Gasteiger partial charge in [0.2, 0.25) is 0 Å². The van der Waals surface area contributed by atoms with Gasteiger partial charge in [0.1, 0.15) is 11.5 Å². The summed E-state index contributed by atoms with van der Waals surface area (Å²) in [6, 6.07) is 26.1. The van der Waals surface area contributed by atoms with Crippen LogP contribution in [0.2, 0.25) is 0 Å². The van der Waals surface area contributed by atoms with Crippen molar-refractivity contribution in [3.05, 3.63) is 101 Å². The van der Waals surface area contributed by atoms with Crippen LogP contribution in [0.5, 0.6) is 11.5 Å². The summed E-state index contributed by atoms with van der Waals surface area (Å²) in [7, 11) is 3.22. The van der Waals surface area contributed by atoms with Gasteiger partial charge in [-0.3, -0.25) is 9.36 Å². The lowest BCUT2D eigenvalue weighted by atomic mass is 10.1. The summed E-state index contributed by atoms with van der Waals surface area (Å²) in [6.07, 6.45) is 1.83. The van der Waals surface area contributed by atoms with E-state index in [-0.39, 0.29) is 5.56 Å². The Morgan fingerprint density at radius 2 is 1.26 bits per heavy atom. The Balaban J connectivity index is 2.29. The second-order valence-corrected chi connectivity index (χ2v) is 5.82. The SMILES string of the molecule is COc1cccc(=O)n(-c2ccc(OC)cc2)cc(-c2ccccc2)cc1. The maximum absolute atomic E-state index is 12.8. The number of rotatable bonds is 4. The van der Waals surface area contributed by atoms with Gasteiger partial charge >= 0.3 is 0 Å². The third kappa shape index (κ3) is 4.55. The smallest absolute Gasteiger partial charge is 0.255 e. The van der Waals surface area contributed by atoms with E-state index in [2.05, 4.69) is 0 Å². The number of methoxy groups -OCH3 is 2. The van der Waals surface area contributed by atoms with Gasteiger partial charge in [0, 0.05) is 18.0 Å². The van der Waals surface area contributed by atoms with Gasteiger partial charge in [0.25, 0.3) is 5.56 Å². The molecule has 0 aliphatic rings. The fourth-order valence-corrected chi connectivity index (χ4v) is 2.66. The molecule has 0 amide bonds. The highest BCUT2D eigenvalue weighted by molar-refractivity contribution is 5.62. The fourth-order valence-electron chi connectivity index (χ4n) is 2.66. The minimum atomic E-state index is -0.157. The molecule has 0 bridgehead atoms. The van der Waals surface area contributed by atoms with Crippen molar-refractivity contribution in [3.8, 4) is 28.3 Å². The minimum absolute atomic E-state index is 0.157. The van der Waals surface area contributed by atoms with Gasteiger partial charge < -0.3 is 9.47 Å². The molecule has 0 fully saturated rings. The van der Waals surface area contributed by atoms with Crippen molar-refractivity contribution in [2.75, 3.05) is 14.2 Å². The second-order valence-electron chi connectivity index (χ2n) is 5.82. The first-order chi connectivity index (χ1) is 13.2. The van der Waals surface area contributed by atoms with E-state index in [1.807, 2.05) is 72.9 Å². The molecule has 4 heteroatoms. The van der Waals surface area contributed by atoms with Gasteiger partial charge in [0.15, 0.2) is 0 Å². The van der Waals surface area contributed by atoms with E-state index in [1.54, 1.807) is 30.9 Å². The lowest BCUT2D eigenvalue weighted by molar-refractivity contribution is 0.414. The summed E-state index contributed by atoms with van der Waals surface area (Å²) < 4.78 is 12.2. The Bertz CT molecular complexity index is 1010. The summed E-state index contributed by atoms with van der Waals surface area (Å²) in [5.74, 6) is 1.40. The van der Waals surface area contributed by atoms with Gasteiger partial charge in [-0.1, -0.05) is 36.4 Å². The van der Waals surface area contributed by atoms with Crippen molar-refractivity contribution in [1.82, 2.24) is 4.57 Å². The molecule has 0 spiro atoms. The van der Waals surface area contributed by atoms with Crippen LogP contribution in [0.15, 0.2) is 95.9 Å². The number of benzene rings is 2. The minimum Gasteiger partial charge on any atom is -0.497 e. The third-order valence-electron chi connectivity index (χ3n) is 4.13. The molecule has 1 heterocycles. The van der Waals surface area contributed by atoms with Crippen LogP contribution in [-0.2, 0) is 0 Å². The molecule has 0 unspecified atom stereocenters. The number of nitrogens with zero attached hydrogens (tertiary/aromatic N) is 1. The van der Waals surface area contributed by atoms with Crippen LogP contribution < -0.4 is 15.0 Å². The summed E-state index contributed by atoms with van der Waals surface area (Å²) in [6.45, 7) is 0. The van der Waals surface area contributed by atoms with Crippen LogP contribution in [0.1, 0.15) is 0 Å². The molecule has 0 aliphatic heterocycles. The van der Waals surface area contributed by atoms with Crippen molar-refractivity contribution in [3.63, 3.8) is 0 Å². The van der Waals surface area contributed by atoms with Gasteiger partial charge in [-0.25, -0.2) is 0 Å². The number of hydrogen-bond acceptors (Lipinski definition) is 3. The highest BCUT2D eigenvalue weighted by Crippen LogP contribution is 2.20. The predicted molar refractivity (Wildman–Crippen MR) is 108 cm³/mol. The molecular formula is C23H21NO3. The van der Waals surface area contributed by atoms with Crippen molar-refractivity contribution in [2.24, 2.45) is 0 Å². The number of aromatic nitrogens is 1. The molecule has 0 N–H and O–H groups in total. The van der Waals surface area contributed by atoms with E-state index in [4.69, 9.17) is 9.47 Å². The number of ether oxygens (including phenoxy) is 2. The van der Waals surface area contributed by atoms with E-state index in [0.29, 0.717) is 5.75 Å². The molecule has 0 saturated heterocycles. The third-order valence-corrected chi connectivity index (χ3v) is 4.13. The van der Waals surface area contributed by atoms with Crippen molar-refractivity contribution in [2.45, 2.75) is 0 Å². The van der Waals surface area contributed by atoms with Crippen LogP contribution in [0, 0.1) is 0 Å². The largest absolute Gasteiger partial charge is 0.497 e. The molecule has 136 valence electrons. The summed E-state index contributed by atoms with van der Waals surface area (Å²) >= 11 is 0. The normalized spacial score (nSPS) is 10.0. The summed E-state index contributed by atoms with van der Waals surface area (Å²) in [5.41, 5.74) is 2.48. The van der Waals surface area contributed by atoms with Crippen LogP contribution >= 0.6 is 0 Å². The molecule has 0 aliphatic carbocycles. The highest BCUT2D eigenvalue weighted by Gasteiger charge is 2.02. The fraction of sp³-hybridized carbons (Fsp3) is 0.0870. The van der Waals surface area contributed by atoms with E-state index in [1.165, 1.54) is 6.07 Å². The van der Waals surface area contributed by atoms with Crippen molar-refractivity contribution in [1.29, 1.82) is 0 Å². The lowest BCUT2D eigenvalue weighted by Crippen LogP contribution is -2.14. The average molecular weight is 359 g/mol. The zero-order valence-corrected chi connectivity index (χ0v) is 15.3. The molecule has 3 aromatic rings. The van der Waals surface area contributed by atoms with Crippen LogP contribution in [-0.4, -0.2) is 18.8 Å². The first-order valence-electron chi connectivity index (χ1n) is 8.56. The Hall–Kier alpha value is -3.53. The molecule has 0 saturated carbocycles. The van der Waals surface area contributed by atoms with Gasteiger partial charge in [-0.15, -0.1) is 0 Å². The molecule has 27 heavy (non-hydrogen) atoms. The van der Waals surface area contributed by atoms with Crippen LogP contribution in [0.3, 0.4) is 0 Å². The molecule has 4 nitrogen and oxygen atoms in total.